The van der Waals surface area contributed by atoms with Crippen molar-refractivity contribution < 1.29 is 14.5 Å². The minimum Gasteiger partial charge on any atom is -0.352 e. The first-order valence-corrected chi connectivity index (χ1v) is 7.96. The third kappa shape index (κ3) is 6.16. The molecule has 2 amide bonds. The van der Waals surface area contributed by atoms with E-state index in [4.69, 9.17) is 0 Å². The van der Waals surface area contributed by atoms with Crippen molar-refractivity contribution in [2.75, 3.05) is 6.54 Å². The molecule has 2 rings (SSSR count). The molecule has 0 aliphatic carbocycles. The van der Waals surface area contributed by atoms with E-state index < -0.39 is 4.92 Å². The Kier molecular flexibility index (Phi) is 6.99. The molecule has 0 saturated carbocycles. The van der Waals surface area contributed by atoms with E-state index >= 15 is 0 Å². The molecule has 0 heterocycles. The van der Waals surface area contributed by atoms with Gasteiger partial charge in [-0.2, -0.15) is 5.10 Å². The Labute approximate surface area is 150 Å². The summed E-state index contributed by atoms with van der Waals surface area (Å²) in [6.45, 7) is 0.371. The smallest absolute Gasteiger partial charge is 0.270 e. The topological polar surface area (TPSA) is 114 Å². The zero-order valence-electron chi connectivity index (χ0n) is 13.9. The highest BCUT2D eigenvalue weighted by atomic mass is 16.6. The summed E-state index contributed by atoms with van der Waals surface area (Å²) in [7, 11) is 0. The third-order valence-electron chi connectivity index (χ3n) is 3.39. The van der Waals surface area contributed by atoms with Crippen molar-refractivity contribution >= 4 is 23.7 Å². The minimum absolute atomic E-state index is 0.0468. The molecule has 134 valence electrons. The van der Waals surface area contributed by atoms with E-state index in [1.165, 1.54) is 24.4 Å². The maximum atomic E-state index is 11.8. The molecule has 0 saturated heterocycles. The van der Waals surface area contributed by atoms with E-state index in [1.54, 1.807) is 30.3 Å². The number of hydrogen-bond acceptors (Lipinski definition) is 5. The molecule has 0 fully saturated rings. The molecule has 0 aromatic heterocycles. The predicted octanol–water partition coefficient (Wildman–Crippen LogP) is 2.26. The fraction of sp³-hybridized carbons (Fsp3) is 0.167. The predicted molar refractivity (Wildman–Crippen MR) is 96.8 cm³/mol. The number of hydrogen-bond donors (Lipinski definition) is 2. The highest BCUT2D eigenvalue weighted by molar-refractivity contribution is 5.94. The second-order valence-corrected chi connectivity index (χ2v) is 5.37. The lowest BCUT2D eigenvalue weighted by Crippen LogP contribution is -2.26. The Morgan fingerprint density at radius 3 is 2.62 bits per heavy atom. The van der Waals surface area contributed by atoms with Crippen LogP contribution in [0.3, 0.4) is 0 Å². The lowest BCUT2D eigenvalue weighted by molar-refractivity contribution is -0.384. The van der Waals surface area contributed by atoms with Gasteiger partial charge >= 0.3 is 0 Å². The van der Waals surface area contributed by atoms with Gasteiger partial charge in [-0.1, -0.05) is 30.3 Å². The SMILES string of the molecule is O=C(CCCNC(=O)c1ccccc1)NN=Cc1cccc([N+](=O)[O-])c1. The number of nitrogens with one attached hydrogen (secondary N) is 2. The number of nitro benzene ring substituents is 1. The van der Waals surface area contributed by atoms with Crippen LogP contribution in [0.5, 0.6) is 0 Å². The van der Waals surface area contributed by atoms with Crippen molar-refractivity contribution in [3.05, 3.63) is 75.8 Å². The van der Waals surface area contributed by atoms with Gasteiger partial charge in [-0.3, -0.25) is 19.7 Å². The zero-order chi connectivity index (χ0) is 18.8. The Bertz CT molecular complexity index is 806. The normalized spacial score (nSPS) is 10.5. The van der Waals surface area contributed by atoms with Crippen LogP contribution in [0.1, 0.15) is 28.8 Å². The highest BCUT2D eigenvalue weighted by Gasteiger charge is 2.05. The van der Waals surface area contributed by atoms with Crippen LogP contribution in [0.2, 0.25) is 0 Å². The summed E-state index contributed by atoms with van der Waals surface area (Å²) < 4.78 is 0. The van der Waals surface area contributed by atoms with Crippen LogP contribution in [-0.2, 0) is 4.79 Å². The van der Waals surface area contributed by atoms with Gasteiger partial charge in [0.05, 0.1) is 11.1 Å². The number of carbonyl (C=O) groups is 2. The molecular weight excluding hydrogens is 336 g/mol. The van der Waals surface area contributed by atoms with Crippen molar-refractivity contribution in [3.63, 3.8) is 0 Å². The molecule has 2 N–H and O–H groups in total. The molecule has 8 nitrogen and oxygen atoms in total. The van der Waals surface area contributed by atoms with Gasteiger partial charge in [-0.15, -0.1) is 0 Å². The number of benzene rings is 2. The first-order valence-electron chi connectivity index (χ1n) is 7.96. The van der Waals surface area contributed by atoms with Crippen LogP contribution < -0.4 is 10.7 Å². The molecule has 0 unspecified atom stereocenters. The Balaban J connectivity index is 1.68. The highest BCUT2D eigenvalue weighted by Crippen LogP contribution is 2.11. The molecule has 26 heavy (non-hydrogen) atoms. The van der Waals surface area contributed by atoms with E-state index in [2.05, 4.69) is 15.8 Å². The van der Waals surface area contributed by atoms with Crippen LogP contribution >= 0.6 is 0 Å². The maximum absolute atomic E-state index is 11.8. The Hall–Kier alpha value is -3.55. The van der Waals surface area contributed by atoms with E-state index in [0.717, 1.165) is 0 Å². The van der Waals surface area contributed by atoms with Crippen molar-refractivity contribution in [2.45, 2.75) is 12.8 Å². The molecule has 2 aromatic carbocycles. The molecule has 0 radical (unpaired) electrons. The van der Waals surface area contributed by atoms with E-state index in [0.29, 0.717) is 24.1 Å². The molecular formula is C18H18N4O4. The van der Waals surface area contributed by atoms with Crippen molar-refractivity contribution in [2.24, 2.45) is 5.10 Å². The van der Waals surface area contributed by atoms with Crippen molar-refractivity contribution in [1.82, 2.24) is 10.7 Å². The Morgan fingerprint density at radius 1 is 1.12 bits per heavy atom. The van der Waals surface area contributed by atoms with Gasteiger partial charge in [0, 0.05) is 36.2 Å². The standard InChI is InChI=1S/C18H18N4O4/c23-17(10-5-11-19-18(24)15-7-2-1-3-8-15)21-20-13-14-6-4-9-16(12-14)22(25)26/h1-4,6-9,12-13H,5,10-11H2,(H,19,24)(H,21,23). The summed E-state index contributed by atoms with van der Waals surface area (Å²) in [5, 5.41) is 17.2. The van der Waals surface area contributed by atoms with Gasteiger partial charge in [0.1, 0.15) is 0 Å². The number of nitro groups is 1. The average Bonchev–Trinajstić information content (AvgIpc) is 2.66. The summed E-state index contributed by atoms with van der Waals surface area (Å²) in [6.07, 6.45) is 2.00. The average molecular weight is 354 g/mol. The van der Waals surface area contributed by atoms with Crippen LogP contribution in [0.25, 0.3) is 0 Å². The third-order valence-corrected chi connectivity index (χ3v) is 3.39. The van der Waals surface area contributed by atoms with Crippen LogP contribution in [-0.4, -0.2) is 29.5 Å². The van der Waals surface area contributed by atoms with Crippen molar-refractivity contribution in [1.29, 1.82) is 0 Å². The van der Waals surface area contributed by atoms with Gasteiger partial charge < -0.3 is 5.32 Å². The zero-order valence-corrected chi connectivity index (χ0v) is 13.9. The van der Waals surface area contributed by atoms with Crippen LogP contribution in [0, 0.1) is 10.1 Å². The largest absolute Gasteiger partial charge is 0.352 e. The lowest BCUT2D eigenvalue weighted by atomic mass is 10.2. The quantitative estimate of drug-likeness (QED) is 0.327. The van der Waals surface area contributed by atoms with Gasteiger partial charge in [0.2, 0.25) is 5.91 Å². The monoisotopic (exact) mass is 354 g/mol. The Morgan fingerprint density at radius 2 is 1.88 bits per heavy atom. The van der Waals surface area contributed by atoms with Gasteiger partial charge in [0.25, 0.3) is 11.6 Å². The fourth-order valence-corrected chi connectivity index (χ4v) is 2.10. The molecule has 2 aromatic rings. The first kappa shape index (κ1) is 18.8. The number of nitrogens with zero attached hydrogens (tertiary/aromatic N) is 2. The van der Waals surface area contributed by atoms with Gasteiger partial charge in [0.15, 0.2) is 0 Å². The first-order chi connectivity index (χ1) is 12.6. The number of carbonyl (C=O) groups excluding carboxylic acids is 2. The summed E-state index contributed by atoms with van der Waals surface area (Å²) in [5.41, 5.74) is 3.38. The summed E-state index contributed by atoms with van der Waals surface area (Å²) in [4.78, 5) is 33.7. The van der Waals surface area contributed by atoms with Crippen LogP contribution in [0.15, 0.2) is 59.7 Å². The number of amides is 2. The maximum Gasteiger partial charge on any atom is 0.270 e. The van der Waals surface area contributed by atoms with Gasteiger partial charge in [-0.05, 0) is 18.6 Å². The molecule has 0 aliphatic rings. The van der Waals surface area contributed by atoms with Gasteiger partial charge in [-0.25, -0.2) is 5.43 Å². The summed E-state index contributed by atoms with van der Waals surface area (Å²) in [6, 6.07) is 14.7. The molecule has 8 heteroatoms. The number of rotatable bonds is 8. The summed E-state index contributed by atoms with van der Waals surface area (Å²) in [5.74, 6) is -0.490. The second kappa shape index (κ2) is 9.67. The molecule has 0 bridgehead atoms. The lowest BCUT2D eigenvalue weighted by Gasteiger charge is -2.04. The molecule has 0 aliphatic heterocycles. The molecule has 0 spiro atoms. The van der Waals surface area contributed by atoms with E-state index in [1.807, 2.05) is 6.07 Å². The van der Waals surface area contributed by atoms with E-state index in [9.17, 15) is 19.7 Å². The molecule has 0 atom stereocenters. The number of non-ortho nitro benzene ring substituents is 1. The van der Waals surface area contributed by atoms with E-state index in [-0.39, 0.29) is 23.9 Å². The van der Waals surface area contributed by atoms with Crippen molar-refractivity contribution in [3.8, 4) is 0 Å². The summed E-state index contributed by atoms with van der Waals surface area (Å²) >= 11 is 0. The second-order valence-electron chi connectivity index (χ2n) is 5.37. The fourth-order valence-electron chi connectivity index (χ4n) is 2.10. The van der Waals surface area contributed by atoms with Crippen LogP contribution in [0.4, 0.5) is 5.69 Å². The minimum atomic E-state index is -0.500. The number of hydrazone groups is 1.